The number of hydrogen-bond donors (Lipinski definition) is 4. The molecule has 40 heavy (non-hydrogen) atoms. The van der Waals surface area contributed by atoms with Crippen molar-refractivity contribution in [1.29, 1.82) is 0 Å². The van der Waals surface area contributed by atoms with Crippen LogP contribution in [-0.4, -0.2) is 57.2 Å². The molecule has 0 bridgehead atoms. The Labute approximate surface area is 230 Å². The van der Waals surface area contributed by atoms with Crippen LogP contribution in [0.5, 0.6) is 0 Å². The summed E-state index contributed by atoms with van der Waals surface area (Å²) in [6, 6.07) is 4.66. The SMILES string of the molecule is C[C@@H]1C[C@H](N)C[C@@H]1c1cnc2cnc3[nH]ccc3n12.C[C@@H]1C[C@H](NC=O)C[C@@H]1c1cnc2cnc3[nH]ccc3n12. The number of aromatic nitrogens is 8. The van der Waals surface area contributed by atoms with Gasteiger partial charge >= 0.3 is 0 Å². The van der Waals surface area contributed by atoms with Crippen LogP contribution in [0.15, 0.2) is 49.3 Å². The first kappa shape index (κ1) is 24.8. The first-order chi connectivity index (χ1) is 19.5. The van der Waals surface area contributed by atoms with Gasteiger partial charge in [-0.3, -0.25) is 13.6 Å². The Balaban J connectivity index is 0.000000133. The van der Waals surface area contributed by atoms with Gasteiger partial charge in [0, 0.05) is 60.1 Å². The molecule has 0 saturated heterocycles. The quantitative estimate of drug-likeness (QED) is 0.250. The van der Waals surface area contributed by atoms with Gasteiger partial charge in [-0.2, -0.15) is 0 Å². The average Bonchev–Trinajstić information content (AvgIpc) is 3.76. The topological polar surface area (TPSA) is 147 Å². The second kappa shape index (κ2) is 9.74. The van der Waals surface area contributed by atoms with Crippen LogP contribution in [0.2, 0.25) is 0 Å². The summed E-state index contributed by atoms with van der Waals surface area (Å²) in [5, 5.41) is 2.92. The van der Waals surface area contributed by atoms with Gasteiger partial charge in [-0.05, 0) is 49.7 Å². The van der Waals surface area contributed by atoms with Crippen molar-refractivity contribution in [3.8, 4) is 0 Å². The molecule has 6 aromatic rings. The molecule has 5 N–H and O–H groups in total. The lowest BCUT2D eigenvalue weighted by molar-refractivity contribution is -0.110. The molecule has 6 aromatic heterocycles. The lowest BCUT2D eigenvalue weighted by Crippen LogP contribution is -2.24. The number of H-pyrrole nitrogens is 2. The maximum absolute atomic E-state index is 10.7. The van der Waals surface area contributed by atoms with E-state index in [2.05, 4.69) is 63.9 Å². The smallest absolute Gasteiger partial charge is 0.207 e. The Bertz CT molecular complexity index is 1810. The summed E-state index contributed by atoms with van der Waals surface area (Å²) in [5.74, 6) is 2.02. The van der Waals surface area contributed by atoms with Crippen LogP contribution in [0.1, 0.15) is 62.8 Å². The number of imidazole rings is 2. The van der Waals surface area contributed by atoms with Crippen molar-refractivity contribution >= 4 is 40.0 Å². The average molecular weight is 539 g/mol. The molecule has 0 aliphatic heterocycles. The molecule has 11 heteroatoms. The van der Waals surface area contributed by atoms with E-state index in [-0.39, 0.29) is 6.04 Å². The van der Waals surface area contributed by atoms with E-state index < -0.39 is 0 Å². The molecule has 0 radical (unpaired) electrons. The summed E-state index contributed by atoms with van der Waals surface area (Å²) in [6.07, 6.45) is 16.3. The number of nitrogens with two attached hydrogens (primary N) is 1. The van der Waals surface area contributed by atoms with E-state index in [4.69, 9.17) is 5.73 Å². The number of hydrogen-bond acceptors (Lipinski definition) is 6. The van der Waals surface area contributed by atoms with Crippen LogP contribution in [0, 0.1) is 11.8 Å². The molecule has 6 heterocycles. The number of nitrogens with zero attached hydrogens (tertiary/aromatic N) is 6. The van der Waals surface area contributed by atoms with Gasteiger partial charge in [-0.25, -0.2) is 19.9 Å². The molecule has 2 fully saturated rings. The molecule has 206 valence electrons. The molecule has 8 rings (SSSR count). The van der Waals surface area contributed by atoms with Crippen LogP contribution in [0.3, 0.4) is 0 Å². The summed E-state index contributed by atoms with van der Waals surface area (Å²) in [4.78, 5) is 34.7. The summed E-state index contributed by atoms with van der Waals surface area (Å²) in [6.45, 7) is 4.53. The largest absolute Gasteiger partial charge is 0.356 e. The molecule has 11 nitrogen and oxygen atoms in total. The van der Waals surface area contributed by atoms with E-state index >= 15 is 0 Å². The molecular formula is C29H34N10O. The van der Waals surface area contributed by atoms with E-state index in [1.54, 1.807) is 6.20 Å². The Morgan fingerprint density at radius 1 is 0.800 bits per heavy atom. The van der Waals surface area contributed by atoms with Crippen molar-refractivity contribution < 1.29 is 4.79 Å². The fourth-order valence-electron chi connectivity index (χ4n) is 7.11. The number of nitrogens with one attached hydrogen (secondary N) is 3. The first-order valence-electron chi connectivity index (χ1n) is 14.1. The van der Waals surface area contributed by atoms with Crippen LogP contribution in [0.4, 0.5) is 0 Å². The maximum Gasteiger partial charge on any atom is 0.207 e. The van der Waals surface area contributed by atoms with E-state index in [9.17, 15) is 4.79 Å². The number of fused-ring (bicyclic) bond motifs is 6. The number of rotatable bonds is 4. The zero-order valence-corrected chi connectivity index (χ0v) is 22.7. The highest BCUT2D eigenvalue weighted by Crippen LogP contribution is 2.41. The minimum absolute atomic E-state index is 0.261. The van der Waals surface area contributed by atoms with Crippen LogP contribution < -0.4 is 11.1 Å². The van der Waals surface area contributed by atoms with Gasteiger partial charge < -0.3 is 21.0 Å². The Hall–Kier alpha value is -4.25. The Morgan fingerprint density at radius 2 is 1.35 bits per heavy atom. The monoisotopic (exact) mass is 538 g/mol. The Morgan fingerprint density at radius 3 is 1.88 bits per heavy atom. The fraction of sp³-hybridized carbons (Fsp3) is 0.414. The van der Waals surface area contributed by atoms with E-state index in [1.165, 1.54) is 11.4 Å². The van der Waals surface area contributed by atoms with Crippen LogP contribution in [0.25, 0.3) is 33.6 Å². The molecule has 0 aromatic carbocycles. The molecule has 0 spiro atoms. The lowest BCUT2D eigenvalue weighted by atomic mass is 9.95. The zero-order valence-electron chi connectivity index (χ0n) is 22.7. The molecule has 1 amide bonds. The third kappa shape index (κ3) is 4.03. The molecule has 6 atom stereocenters. The summed E-state index contributed by atoms with van der Waals surface area (Å²) in [5.41, 5.74) is 14.3. The normalized spacial score (nSPS) is 26.6. The van der Waals surface area contributed by atoms with Gasteiger partial charge in [0.1, 0.15) is 0 Å². The zero-order chi connectivity index (χ0) is 27.4. The number of carbonyl (C=O) groups excluding carboxylic acids is 1. The number of amides is 1. The minimum atomic E-state index is 0.261. The van der Waals surface area contributed by atoms with Crippen molar-refractivity contribution in [3.63, 3.8) is 0 Å². The van der Waals surface area contributed by atoms with Crippen LogP contribution in [-0.2, 0) is 4.79 Å². The summed E-state index contributed by atoms with van der Waals surface area (Å²) >= 11 is 0. The maximum atomic E-state index is 10.7. The molecular weight excluding hydrogens is 504 g/mol. The molecule has 2 aliphatic rings. The van der Waals surface area contributed by atoms with Gasteiger partial charge in [0.05, 0.1) is 23.4 Å². The van der Waals surface area contributed by atoms with E-state index in [1.807, 2.05) is 37.1 Å². The third-order valence-electron chi connectivity index (χ3n) is 9.00. The van der Waals surface area contributed by atoms with Crippen molar-refractivity contribution in [2.45, 2.75) is 63.5 Å². The summed E-state index contributed by atoms with van der Waals surface area (Å²) in [7, 11) is 0. The van der Waals surface area contributed by atoms with Crippen molar-refractivity contribution in [1.82, 2.24) is 44.0 Å². The summed E-state index contributed by atoms with van der Waals surface area (Å²) < 4.78 is 4.40. The van der Waals surface area contributed by atoms with Crippen LogP contribution >= 0.6 is 0 Å². The van der Waals surface area contributed by atoms with E-state index in [0.717, 1.165) is 65.7 Å². The third-order valence-corrected chi connectivity index (χ3v) is 9.00. The first-order valence-corrected chi connectivity index (χ1v) is 14.1. The highest BCUT2D eigenvalue weighted by Gasteiger charge is 2.34. The molecule has 0 unspecified atom stereocenters. The van der Waals surface area contributed by atoms with Crippen molar-refractivity contribution in [3.05, 3.63) is 60.7 Å². The standard InChI is InChI=1S/C15H17N5O.C14H17N5/c1-9-4-10(19-8-21)5-11(9)13-6-17-14-7-18-15-12(20(13)14)2-3-16-15;1-8-4-9(15)5-10(8)12-6-17-13-7-18-14-11(19(12)13)2-3-16-14/h2-3,6-11,16H,4-5H2,1H3,(H,19,21);2-3,6-10,16H,4-5,15H2,1H3/t9-,10+,11+;8-,9+,10+/m11/s1. The van der Waals surface area contributed by atoms with Gasteiger partial charge in [0.2, 0.25) is 6.41 Å². The molecule has 2 aliphatic carbocycles. The second-order valence-corrected chi connectivity index (χ2v) is 11.5. The fourth-order valence-corrected chi connectivity index (χ4v) is 7.11. The minimum Gasteiger partial charge on any atom is -0.356 e. The van der Waals surface area contributed by atoms with Gasteiger partial charge in [-0.1, -0.05) is 13.8 Å². The lowest BCUT2D eigenvalue weighted by Gasteiger charge is -2.15. The predicted molar refractivity (Wildman–Crippen MR) is 153 cm³/mol. The van der Waals surface area contributed by atoms with Gasteiger partial charge in [0.15, 0.2) is 22.6 Å². The van der Waals surface area contributed by atoms with Gasteiger partial charge in [0.25, 0.3) is 0 Å². The molecule has 2 saturated carbocycles. The highest BCUT2D eigenvalue weighted by molar-refractivity contribution is 5.75. The van der Waals surface area contributed by atoms with Crippen molar-refractivity contribution in [2.75, 3.05) is 0 Å². The number of aromatic amines is 2. The Kier molecular flexibility index (Phi) is 6.03. The van der Waals surface area contributed by atoms with Gasteiger partial charge in [-0.15, -0.1) is 0 Å². The highest BCUT2D eigenvalue weighted by atomic mass is 16.1. The number of carbonyl (C=O) groups is 1. The second-order valence-electron chi connectivity index (χ2n) is 11.5. The van der Waals surface area contributed by atoms with Crippen molar-refractivity contribution in [2.24, 2.45) is 17.6 Å². The predicted octanol–water partition coefficient (Wildman–Crippen LogP) is 3.89. The van der Waals surface area contributed by atoms with E-state index in [0.29, 0.717) is 29.7 Å².